The van der Waals surface area contributed by atoms with Crippen LogP contribution < -0.4 is 4.74 Å². The molecule has 1 N–H and O–H groups in total. The molecule has 1 aromatic carbocycles. The molecule has 3 heteroatoms. The molecule has 0 radical (unpaired) electrons. The molecule has 1 aromatic rings. The van der Waals surface area contributed by atoms with Gasteiger partial charge in [0.25, 0.3) is 0 Å². The maximum Gasteiger partial charge on any atom is 0.335 e. The fourth-order valence-corrected chi connectivity index (χ4v) is 1.44. The normalized spacial score (nSPS) is 9.93. The first kappa shape index (κ1) is 10.6. The minimum absolute atomic E-state index is 0.366. The van der Waals surface area contributed by atoms with Crippen LogP contribution in [0.4, 0.5) is 0 Å². The molecular formula is C11H14O3. The van der Waals surface area contributed by atoms with Crippen molar-refractivity contribution >= 4 is 5.97 Å². The standard InChI is InChI=1S/C11H14O3/c1-4-8-6-10(14-3)7(2)5-9(8)11(12)13/h5-6H,4H2,1-3H3,(H,12,13). The number of aryl methyl sites for hydroxylation is 2. The van der Waals surface area contributed by atoms with Crippen LogP contribution in [0.25, 0.3) is 0 Å². The highest BCUT2D eigenvalue weighted by atomic mass is 16.5. The van der Waals surface area contributed by atoms with Crippen LogP contribution in [-0.4, -0.2) is 18.2 Å². The van der Waals surface area contributed by atoms with E-state index in [9.17, 15) is 4.79 Å². The van der Waals surface area contributed by atoms with Gasteiger partial charge < -0.3 is 9.84 Å². The zero-order chi connectivity index (χ0) is 10.7. The lowest BCUT2D eigenvalue weighted by Gasteiger charge is -2.09. The topological polar surface area (TPSA) is 46.5 Å². The summed E-state index contributed by atoms with van der Waals surface area (Å²) in [6.45, 7) is 3.77. The first-order chi connectivity index (χ1) is 6.60. The molecule has 14 heavy (non-hydrogen) atoms. The molecule has 0 bridgehead atoms. The molecule has 0 spiro atoms. The Morgan fingerprint density at radius 3 is 2.57 bits per heavy atom. The van der Waals surface area contributed by atoms with Gasteiger partial charge in [0.1, 0.15) is 5.75 Å². The summed E-state index contributed by atoms with van der Waals surface area (Å²) in [4.78, 5) is 10.9. The van der Waals surface area contributed by atoms with Gasteiger partial charge in [-0.15, -0.1) is 0 Å². The third kappa shape index (κ3) is 1.87. The highest BCUT2D eigenvalue weighted by molar-refractivity contribution is 5.90. The van der Waals surface area contributed by atoms with E-state index >= 15 is 0 Å². The van der Waals surface area contributed by atoms with Crippen LogP contribution in [0.1, 0.15) is 28.4 Å². The summed E-state index contributed by atoms with van der Waals surface area (Å²) in [5.74, 6) is -0.139. The molecule has 76 valence electrons. The lowest BCUT2D eigenvalue weighted by molar-refractivity contribution is 0.0695. The molecule has 0 unspecified atom stereocenters. The first-order valence-corrected chi connectivity index (χ1v) is 4.51. The molecule has 0 aliphatic carbocycles. The predicted octanol–water partition coefficient (Wildman–Crippen LogP) is 2.26. The first-order valence-electron chi connectivity index (χ1n) is 4.51. The van der Waals surface area contributed by atoms with Crippen molar-refractivity contribution in [2.24, 2.45) is 0 Å². The third-order valence-corrected chi connectivity index (χ3v) is 2.23. The van der Waals surface area contributed by atoms with Gasteiger partial charge in [-0.25, -0.2) is 4.79 Å². The molecule has 0 saturated heterocycles. The van der Waals surface area contributed by atoms with Gasteiger partial charge >= 0.3 is 5.97 Å². The van der Waals surface area contributed by atoms with Crippen LogP contribution in [0.3, 0.4) is 0 Å². The Kier molecular flexibility index (Phi) is 3.12. The number of carboxylic acid groups (broad SMARTS) is 1. The monoisotopic (exact) mass is 194 g/mol. The second kappa shape index (κ2) is 4.13. The summed E-state index contributed by atoms with van der Waals surface area (Å²) < 4.78 is 5.13. The number of hydrogen-bond donors (Lipinski definition) is 1. The minimum atomic E-state index is -0.882. The smallest absolute Gasteiger partial charge is 0.335 e. The number of rotatable bonds is 3. The molecular weight excluding hydrogens is 180 g/mol. The van der Waals surface area contributed by atoms with Gasteiger partial charge in [0.2, 0.25) is 0 Å². The van der Waals surface area contributed by atoms with Crippen molar-refractivity contribution in [3.63, 3.8) is 0 Å². The van der Waals surface area contributed by atoms with Crippen LogP contribution in [0.5, 0.6) is 5.75 Å². The van der Waals surface area contributed by atoms with Gasteiger partial charge in [0.15, 0.2) is 0 Å². The zero-order valence-electron chi connectivity index (χ0n) is 8.63. The molecule has 0 saturated carbocycles. The lowest BCUT2D eigenvalue weighted by atomic mass is 10.0. The average molecular weight is 194 g/mol. The van der Waals surface area contributed by atoms with E-state index < -0.39 is 5.97 Å². The van der Waals surface area contributed by atoms with Crippen molar-refractivity contribution < 1.29 is 14.6 Å². The van der Waals surface area contributed by atoms with E-state index in [2.05, 4.69) is 0 Å². The lowest BCUT2D eigenvalue weighted by Crippen LogP contribution is -2.03. The Bertz CT molecular complexity index is 356. The van der Waals surface area contributed by atoms with Gasteiger partial charge in [-0.05, 0) is 36.6 Å². The quantitative estimate of drug-likeness (QED) is 0.802. The van der Waals surface area contributed by atoms with E-state index in [1.165, 1.54) is 0 Å². The average Bonchev–Trinajstić information content (AvgIpc) is 2.17. The molecule has 0 fully saturated rings. The second-order valence-electron chi connectivity index (χ2n) is 3.14. The zero-order valence-corrected chi connectivity index (χ0v) is 8.63. The summed E-state index contributed by atoms with van der Waals surface area (Å²) >= 11 is 0. The maximum absolute atomic E-state index is 10.9. The van der Waals surface area contributed by atoms with Gasteiger partial charge in [0, 0.05) is 0 Å². The van der Waals surface area contributed by atoms with Crippen molar-refractivity contribution in [2.45, 2.75) is 20.3 Å². The van der Waals surface area contributed by atoms with Gasteiger partial charge in [0.05, 0.1) is 12.7 Å². The van der Waals surface area contributed by atoms with E-state index in [4.69, 9.17) is 9.84 Å². The van der Waals surface area contributed by atoms with E-state index in [1.807, 2.05) is 13.8 Å². The highest BCUT2D eigenvalue weighted by Gasteiger charge is 2.11. The van der Waals surface area contributed by atoms with Crippen molar-refractivity contribution in [1.29, 1.82) is 0 Å². The predicted molar refractivity (Wildman–Crippen MR) is 54.1 cm³/mol. The molecule has 0 aromatic heterocycles. The number of methoxy groups -OCH3 is 1. The van der Waals surface area contributed by atoms with Crippen LogP contribution in [0.2, 0.25) is 0 Å². The van der Waals surface area contributed by atoms with Gasteiger partial charge in [-0.3, -0.25) is 0 Å². The Labute approximate surface area is 83.3 Å². The van der Waals surface area contributed by atoms with E-state index in [0.717, 1.165) is 16.9 Å². The van der Waals surface area contributed by atoms with Gasteiger partial charge in [-0.1, -0.05) is 6.92 Å². The Morgan fingerprint density at radius 1 is 1.50 bits per heavy atom. The second-order valence-corrected chi connectivity index (χ2v) is 3.14. The molecule has 0 aliphatic rings. The van der Waals surface area contributed by atoms with Crippen molar-refractivity contribution in [1.82, 2.24) is 0 Å². The van der Waals surface area contributed by atoms with Crippen molar-refractivity contribution in [3.05, 3.63) is 28.8 Å². The summed E-state index contributed by atoms with van der Waals surface area (Å²) in [6.07, 6.45) is 0.693. The summed E-state index contributed by atoms with van der Waals surface area (Å²) in [6, 6.07) is 3.44. The van der Waals surface area contributed by atoms with Crippen LogP contribution in [0, 0.1) is 6.92 Å². The fourth-order valence-electron chi connectivity index (χ4n) is 1.44. The fraction of sp³-hybridized carbons (Fsp3) is 0.364. The molecule has 1 rings (SSSR count). The number of ether oxygens (including phenoxy) is 1. The molecule has 0 atom stereocenters. The molecule has 0 heterocycles. The Balaban J connectivity index is 3.31. The molecule has 3 nitrogen and oxygen atoms in total. The number of carboxylic acids is 1. The molecule has 0 aliphatic heterocycles. The number of aromatic carboxylic acids is 1. The van der Waals surface area contributed by atoms with Crippen LogP contribution in [-0.2, 0) is 6.42 Å². The van der Waals surface area contributed by atoms with Gasteiger partial charge in [-0.2, -0.15) is 0 Å². The van der Waals surface area contributed by atoms with E-state index in [0.29, 0.717) is 12.0 Å². The number of benzene rings is 1. The Morgan fingerprint density at radius 2 is 2.14 bits per heavy atom. The largest absolute Gasteiger partial charge is 0.496 e. The third-order valence-electron chi connectivity index (χ3n) is 2.23. The molecule has 0 amide bonds. The van der Waals surface area contributed by atoms with Crippen LogP contribution >= 0.6 is 0 Å². The van der Waals surface area contributed by atoms with E-state index in [1.54, 1.807) is 19.2 Å². The summed E-state index contributed by atoms with van der Waals surface area (Å²) in [5, 5.41) is 8.94. The minimum Gasteiger partial charge on any atom is -0.496 e. The number of hydrogen-bond acceptors (Lipinski definition) is 2. The Hall–Kier alpha value is -1.51. The SMILES string of the molecule is CCc1cc(OC)c(C)cc1C(=O)O. The van der Waals surface area contributed by atoms with Crippen LogP contribution in [0.15, 0.2) is 12.1 Å². The number of carbonyl (C=O) groups is 1. The van der Waals surface area contributed by atoms with Crippen molar-refractivity contribution in [3.8, 4) is 5.75 Å². The summed E-state index contributed by atoms with van der Waals surface area (Å²) in [5.41, 5.74) is 2.02. The highest BCUT2D eigenvalue weighted by Crippen LogP contribution is 2.23. The summed E-state index contributed by atoms with van der Waals surface area (Å²) in [7, 11) is 1.59. The van der Waals surface area contributed by atoms with Crippen molar-refractivity contribution in [2.75, 3.05) is 7.11 Å². The maximum atomic E-state index is 10.9. The van der Waals surface area contributed by atoms with E-state index in [-0.39, 0.29) is 0 Å².